The third-order valence-corrected chi connectivity index (χ3v) is 4.28. The van der Waals surface area contributed by atoms with Gasteiger partial charge < -0.3 is 19.3 Å². The molecule has 0 unspecified atom stereocenters. The smallest absolute Gasteiger partial charge is 0.289 e. The molecule has 0 bridgehead atoms. The van der Waals surface area contributed by atoms with Crippen LogP contribution in [0.4, 0.5) is 0 Å². The number of carbonyl (C=O) groups excluding carboxylic acids is 2. The van der Waals surface area contributed by atoms with Crippen molar-refractivity contribution >= 4 is 11.8 Å². The minimum Gasteiger partial charge on any atom is -0.508 e. The summed E-state index contributed by atoms with van der Waals surface area (Å²) in [6, 6.07) is 8.61. The van der Waals surface area contributed by atoms with Crippen LogP contribution in [0.2, 0.25) is 0 Å². The fourth-order valence-electron chi connectivity index (χ4n) is 2.77. The Balaban J connectivity index is 1.55. The van der Waals surface area contributed by atoms with Crippen molar-refractivity contribution in [3.8, 4) is 5.75 Å². The molecule has 126 valence electrons. The van der Waals surface area contributed by atoms with Crippen LogP contribution in [-0.2, 0) is 11.2 Å². The molecule has 3 rings (SSSR count). The number of carbonyl (C=O) groups is 2. The first kappa shape index (κ1) is 16.1. The number of hydrogen-bond donors (Lipinski definition) is 1. The second-order valence-electron chi connectivity index (χ2n) is 5.95. The molecule has 1 N–H and O–H groups in total. The second kappa shape index (κ2) is 6.78. The molecule has 0 spiro atoms. The molecule has 0 radical (unpaired) electrons. The van der Waals surface area contributed by atoms with Crippen molar-refractivity contribution in [2.45, 2.75) is 13.3 Å². The normalized spacial score (nSPS) is 14.7. The van der Waals surface area contributed by atoms with Crippen LogP contribution in [0, 0.1) is 6.92 Å². The summed E-state index contributed by atoms with van der Waals surface area (Å²) in [6.45, 7) is 3.80. The van der Waals surface area contributed by atoms with E-state index >= 15 is 0 Å². The minimum absolute atomic E-state index is 0.00310. The van der Waals surface area contributed by atoms with Crippen molar-refractivity contribution in [3.05, 3.63) is 53.5 Å². The average molecular weight is 328 g/mol. The van der Waals surface area contributed by atoms with Crippen LogP contribution >= 0.6 is 0 Å². The highest BCUT2D eigenvalue weighted by Gasteiger charge is 2.26. The Morgan fingerprint density at radius 3 is 2.46 bits per heavy atom. The fourth-order valence-corrected chi connectivity index (χ4v) is 2.77. The number of aromatic hydroxyl groups is 1. The Kier molecular flexibility index (Phi) is 4.55. The van der Waals surface area contributed by atoms with Crippen molar-refractivity contribution < 1.29 is 19.1 Å². The van der Waals surface area contributed by atoms with Gasteiger partial charge in [0.25, 0.3) is 5.91 Å². The highest BCUT2D eigenvalue weighted by molar-refractivity contribution is 5.91. The van der Waals surface area contributed by atoms with Gasteiger partial charge >= 0.3 is 0 Å². The summed E-state index contributed by atoms with van der Waals surface area (Å²) in [5, 5.41) is 9.73. The molecule has 1 fully saturated rings. The number of hydrogen-bond acceptors (Lipinski definition) is 4. The molecule has 1 aromatic carbocycles. The number of rotatable bonds is 3. The Morgan fingerprint density at radius 1 is 1.12 bits per heavy atom. The number of furan rings is 1. The summed E-state index contributed by atoms with van der Waals surface area (Å²) in [5.41, 5.74) is 1.58. The van der Waals surface area contributed by atoms with Crippen molar-refractivity contribution in [1.29, 1.82) is 0 Å². The van der Waals surface area contributed by atoms with Crippen molar-refractivity contribution in [1.82, 2.24) is 9.80 Å². The zero-order chi connectivity index (χ0) is 17.1. The van der Waals surface area contributed by atoms with Gasteiger partial charge in [-0.2, -0.15) is 0 Å². The summed E-state index contributed by atoms with van der Waals surface area (Å²) in [6.07, 6.45) is 1.73. The van der Waals surface area contributed by atoms with Crippen LogP contribution in [0.25, 0.3) is 0 Å². The first-order chi connectivity index (χ1) is 11.5. The van der Waals surface area contributed by atoms with E-state index in [4.69, 9.17) is 4.42 Å². The highest BCUT2D eigenvalue weighted by Crippen LogP contribution is 2.18. The van der Waals surface area contributed by atoms with Crippen molar-refractivity contribution in [2.24, 2.45) is 0 Å². The molecule has 6 heteroatoms. The Bertz CT molecular complexity index is 731. The fraction of sp³-hybridized carbons (Fsp3) is 0.333. The Hall–Kier alpha value is -2.76. The maximum Gasteiger partial charge on any atom is 0.289 e. The second-order valence-corrected chi connectivity index (χ2v) is 5.95. The van der Waals surface area contributed by atoms with E-state index in [2.05, 4.69) is 0 Å². The topological polar surface area (TPSA) is 74.0 Å². The SMILES string of the molecule is Cc1ccc(CC(=O)N2CCN(C(=O)c3ccco3)CC2)cc1O. The van der Waals surface area contributed by atoms with E-state index in [0.29, 0.717) is 31.9 Å². The lowest BCUT2D eigenvalue weighted by Crippen LogP contribution is -2.50. The largest absolute Gasteiger partial charge is 0.508 e. The summed E-state index contributed by atoms with van der Waals surface area (Å²) >= 11 is 0. The molecule has 2 amide bonds. The third-order valence-electron chi connectivity index (χ3n) is 4.28. The van der Waals surface area contributed by atoms with E-state index in [1.165, 1.54) is 6.26 Å². The maximum atomic E-state index is 12.4. The van der Waals surface area contributed by atoms with E-state index in [9.17, 15) is 14.7 Å². The van der Waals surface area contributed by atoms with Crippen LogP contribution in [-0.4, -0.2) is 52.9 Å². The summed E-state index contributed by atoms with van der Waals surface area (Å²) in [4.78, 5) is 28.0. The van der Waals surface area contributed by atoms with Crippen LogP contribution in [0.1, 0.15) is 21.7 Å². The van der Waals surface area contributed by atoms with Gasteiger partial charge in [-0.05, 0) is 36.2 Å². The standard InChI is InChI=1S/C18H20N2O4/c1-13-4-5-14(11-15(13)21)12-17(22)19-6-8-20(9-7-19)18(23)16-3-2-10-24-16/h2-5,10-11,21H,6-9,12H2,1H3. The predicted octanol–water partition coefficient (Wildman–Crippen LogP) is 1.82. The van der Waals surface area contributed by atoms with E-state index in [-0.39, 0.29) is 24.0 Å². The molecular weight excluding hydrogens is 308 g/mol. The lowest BCUT2D eigenvalue weighted by atomic mass is 10.1. The van der Waals surface area contributed by atoms with Crippen LogP contribution in [0.15, 0.2) is 41.0 Å². The third kappa shape index (κ3) is 3.42. The summed E-state index contributed by atoms with van der Waals surface area (Å²) in [5.74, 6) is 0.387. The van der Waals surface area contributed by atoms with Crippen molar-refractivity contribution in [3.63, 3.8) is 0 Å². The number of benzene rings is 1. The van der Waals surface area contributed by atoms with Crippen LogP contribution < -0.4 is 0 Å². The zero-order valence-corrected chi connectivity index (χ0v) is 13.6. The summed E-state index contributed by atoms with van der Waals surface area (Å²) < 4.78 is 5.13. The molecule has 1 saturated heterocycles. The molecule has 6 nitrogen and oxygen atoms in total. The highest BCUT2D eigenvalue weighted by atomic mass is 16.3. The number of phenols is 1. The Morgan fingerprint density at radius 2 is 1.83 bits per heavy atom. The summed E-state index contributed by atoms with van der Waals surface area (Å²) in [7, 11) is 0. The quantitative estimate of drug-likeness (QED) is 0.933. The van der Waals surface area contributed by atoms with Gasteiger partial charge in [0, 0.05) is 26.2 Å². The first-order valence-corrected chi connectivity index (χ1v) is 7.93. The number of phenolic OH excluding ortho intramolecular Hbond substituents is 1. The van der Waals surface area contributed by atoms with E-state index in [0.717, 1.165) is 11.1 Å². The lowest BCUT2D eigenvalue weighted by Gasteiger charge is -2.34. The molecule has 0 aliphatic carbocycles. The van der Waals surface area contributed by atoms with Gasteiger partial charge in [-0.25, -0.2) is 0 Å². The van der Waals surface area contributed by atoms with Gasteiger partial charge in [-0.1, -0.05) is 12.1 Å². The van der Waals surface area contributed by atoms with Gasteiger partial charge in [0.2, 0.25) is 5.91 Å². The number of nitrogens with zero attached hydrogens (tertiary/aromatic N) is 2. The Labute approximate surface area is 140 Å². The monoisotopic (exact) mass is 328 g/mol. The minimum atomic E-state index is -0.143. The molecule has 0 atom stereocenters. The molecule has 24 heavy (non-hydrogen) atoms. The molecule has 1 aliphatic heterocycles. The lowest BCUT2D eigenvalue weighted by molar-refractivity contribution is -0.131. The van der Waals surface area contributed by atoms with Crippen LogP contribution in [0.3, 0.4) is 0 Å². The van der Waals surface area contributed by atoms with E-state index in [1.54, 1.807) is 34.1 Å². The van der Waals surface area contributed by atoms with E-state index < -0.39 is 0 Å². The van der Waals surface area contributed by atoms with E-state index in [1.807, 2.05) is 13.0 Å². The van der Waals surface area contributed by atoms with Gasteiger partial charge in [0.05, 0.1) is 12.7 Å². The van der Waals surface area contributed by atoms with Gasteiger partial charge in [-0.15, -0.1) is 0 Å². The van der Waals surface area contributed by atoms with Crippen molar-refractivity contribution in [2.75, 3.05) is 26.2 Å². The number of amides is 2. The van der Waals surface area contributed by atoms with Gasteiger partial charge in [0.15, 0.2) is 5.76 Å². The molecule has 1 aliphatic rings. The number of piperazine rings is 1. The van der Waals surface area contributed by atoms with Gasteiger partial charge in [0.1, 0.15) is 5.75 Å². The molecular formula is C18H20N2O4. The first-order valence-electron chi connectivity index (χ1n) is 7.93. The number of aryl methyl sites for hydroxylation is 1. The average Bonchev–Trinajstić information content (AvgIpc) is 3.12. The van der Waals surface area contributed by atoms with Gasteiger partial charge in [-0.3, -0.25) is 9.59 Å². The molecule has 2 aromatic rings. The molecule has 1 aromatic heterocycles. The zero-order valence-electron chi connectivity index (χ0n) is 13.6. The predicted molar refractivity (Wildman–Crippen MR) is 87.7 cm³/mol. The van der Waals surface area contributed by atoms with Crippen LogP contribution in [0.5, 0.6) is 5.75 Å². The maximum absolute atomic E-state index is 12.4. The molecule has 2 heterocycles. The molecule has 0 saturated carbocycles.